The van der Waals surface area contributed by atoms with Crippen molar-refractivity contribution in [3.8, 4) is 50.3 Å². The minimum atomic E-state index is 0.757. The molecule has 0 radical (unpaired) electrons. The molecule has 7 heteroatoms. The van der Waals surface area contributed by atoms with E-state index in [1.165, 1.54) is 10.1 Å². The Morgan fingerprint density at radius 2 is 1.37 bits per heavy atom. The van der Waals surface area contributed by atoms with E-state index < -0.39 is 0 Å². The van der Waals surface area contributed by atoms with Crippen LogP contribution in [0, 0.1) is 0 Å². The van der Waals surface area contributed by atoms with Crippen LogP contribution in [0.4, 0.5) is 0 Å². The van der Waals surface area contributed by atoms with E-state index in [-0.39, 0.29) is 0 Å². The smallest absolute Gasteiger partial charge is 0.143 e. The molecule has 54 heavy (non-hydrogen) atoms. The summed E-state index contributed by atoms with van der Waals surface area (Å²) >= 11 is 1.78. The number of hydrogen-bond donors (Lipinski definition) is 2. The zero-order valence-corrected chi connectivity index (χ0v) is 29.4. The summed E-state index contributed by atoms with van der Waals surface area (Å²) in [5.41, 5.74) is 7.53. The average molecular weight is 713 g/mol. The van der Waals surface area contributed by atoms with Crippen molar-refractivity contribution in [1.82, 2.24) is 19.7 Å². The molecule has 6 nitrogen and oxygen atoms in total. The Morgan fingerprint density at radius 3 is 2.22 bits per heavy atom. The monoisotopic (exact) mass is 712 g/mol. The minimum Gasteiger partial charge on any atom is -0.463 e. The maximum atomic E-state index is 6.75. The van der Waals surface area contributed by atoms with E-state index in [9.17, 15) is 0 Å². The first kappa shape index (κ1) is 29.5. The summed E-state index contributed by atoms with van der Waals surface area (Å²) in [6.07, 6.45) is 3.91. The maximum absolute atomic E-state index is 6.75. The first-order valence-electron chi connectivity index (χ1n) is 17.9. The third kappa shape index (κ3) is 4.30. The van der Waals surface area contributed by atoms with Crippen molar-refractivity contribution in [3.05, 3.63) is 158 Å². The molecular formula is C47H28N4O2S. The van der Waals surface area contributed by atoms with Crippen molar-refractivity contribution in [2.75, 3.05) is 0 Å². The van der Waals surface area contributed by atoms with Crippen LogP contribution >= 0.6 is 11.3 Å². The van der Waals surface area contributed by atoms with Gasteiger partial charge in [-0.1, -0.05) is 103 Å². The van der Waals surface area contributed by atoms with Gasteiger partial charge in [-0.15, -0.1) is 11.3 Å². The van der Waals surface area contributed by atoms with Gasteiger partial charge in [0.15, 0.2) is 0 Å². The van der Waals surface area contributed by atoms with E-state index in [1.807, 2.05) is 24.5 Å². The first-order valence-corrected chi connectivity index (χ1v) is 18.8. The third-order valence-electron chi connectivity index (χ3n) is 10.6. The van der Waals surface area contributed by atoms with Crippen molar-refractivity contribution in [1.29, 1.82) is 0 Å². The highest BCUT2D eigenvalue weighted by molar-refractivity contribution is 7.22. The van der Waals surface area contributed by atoms with Gasteiger partial charge in [-0.3, -0.25) is 0 Å². The molecule has 12 rings (SSSR count). The summed E-state index contributed by atoms with van der Waals surface area (Å²) < 4.78 is 16.7. The molecule has 0 fully saturated rings. The fourth-order valence-corrected chi connectivity index (χ4v) is 9.28. The normalized spacial score (nSPS) is 12.1. The molecular weight excluding hydrogens is 685 g/mol. The van der Waals surface area contributed by atoms with Crippen LogP contribution < -0.4 is 0 Å². The van der Waals surface area contributed by atoms with Crippen LogP contribution in [0.5, 0.6) is 0 Å². The third-order valence-corrected chi connectivity index (χ3v) is 11.8. The lowest BCUT2D eigenvalue weighted by Gasteiger charge is -2.15. The molecule has 2 N–H and O–H groups in total. The standard InChI is InChI=1S/C47H28N4O2S/c1-7-17-33-30(14-1)25-48-47(33)51-37-24-34(39-22-28-12-4-9-19-38(28)53-39)42(46-32-16-6-2-15-31(32)26-52-46)44(41-23-29-13-5-10-20-40(29)54-41)43(37)45(50-51)36-21-27-11-3-8-18-35(27)49-36/h1-26,48-49H. The zero-order valence-electron chi connectivity index (χ0n) is 28.6. The van der Waals surface area contributed by atoms with Crippen molar-refractivity contribution in [3.63, 3.8) is 0 Å². The number of fused-ring (bicyclic) bond motifs is 6. The van der Waals surface area contributed by atoms with E-state index in [4.69, 9.17) is 13.9 Å². The molecule has 0 unspecified atom stereocenters. The number of nitrogens with zero attached hydrogens (tertiary/aromatic N) is 2. The highest BCUT2D eigenvalue weighted by atomic mass is 32.1. The number of rotatable bonds is 5. The summed E-state index contributed by atoms with van der Waals surface area (Å²) in [5.74, 6) is 2.44. The van der Waals surface area contributed by atoms with E-state index in [0.29, 0.717) is 0 Å². The van der Waals surface area contributed by atoms with Gasteiger partial charge in [0.05, 0.1) is 17.5 Å². The molecule has 254 valence electrons. The van der Waals surface area contributed by atoms with E-state index >= 15 is 0 Å². The Hall–Kier alpha value is -7.09. The largest absolute Gasteiger partial charge is 0.463 e. The number of aromatic nitrogens is 4. The quantitative estimate of drug-likeness (QED) is 0.186. The molecule has 0 atom stereocenters. The molecule has 0 spiro atoms. The number of nitrogens with one attached hydrogen (secondary N) is 2. The van der Waals surface area contributed by atoms with E-state index in [2.05, 4.69) is 148 Å². The van der Waals surface area contributed by atoms with Gasteiger partial charge in [-0.05, 0) is 47.9 Å². The number of benzene rings is 6. The maximum Gasteiger partial charge on any atom is 0.143 e. The molecule has 6 aromatic carbocycles. The number of furan rings is 2. The van der Waals surface area contributed by atoms with Gasteiger partial charge in [0, 0.05) is 75.7 Å². The van der Waals surface area contributed by atoms with Crippen molar-refractivity contribution >= 4 is 75.7 Å². The number of H-pyrrole nitrogens is 2. The van der Waals surface area contributed by atoms with Crippen LogP contribution in [-0.4, -0.2) is 19.7 Å². The minimum absolute atomic E-state index is 0.757. The van der Waals surface area contributed by atoms with Crippen molar-refractivity contribution in [2.45, 2.75) is 0 Å². The summed E-state index contributed by atoms with van der Waals surface area (Å²) in [6.45, 7) is 0. The fraction of sp³-hybridized carbons (Fsp3) is 0. The predicted molar refractivity (Wildman–Crippen MR) is 221 cm³/mol. The lowest BCUT2D eigenvalue weighted by Crippen LogP contribution is -1.98. The van der Waals surface area contributed by atoms with Gasteiger partial charge >= 0.3 is 0 Å². The van der Waals surface area contributed by atoms with E-state index in [0.717, 1.165) is 105 Å². The first-order chi connectivity index (χ1) is 26.7. The summed E-state index contributed by atoms with van der Waals surface area (Å²) in [5, 5.41) is 14.2. The predicted octanol–water partition coefficient (Wildman–Crippen LogP) is 13.4. The van der Waals surface area contributed by atoms with Crippen molar-refractivity contribution in [2.24, 2.45) is 0 Å². The summed E-state index contributed by atoms with van der Waals surface area (Å²) in [6, 6.07) is 50.8. The van der Waals surface area contributed by atoms with Gasteiger partial charge in [0.2, 0.25) is 0 Å². The lowest BCUT2D eigenvalue weighted by molar-refractivity contribution is 0.586. The summed E-state index contributed by atoms with van der Waals surface area (Å²) in [4.78, 5) is 8.43. The van der Waals surface area contributed by atoms with Crippen LogP contribution in [0.25, 0.3) is 115 Å². The molecule has 0 saturated heterocycles. The van der Waals surface area contributed by atoms with Gasteiger partial charge in [0.1, 0.15) is 28.6 Å². The summed E-state index contributed by atoms with van der Waals surface area (Å²) in [7, 11) is 0. The van der Waals surface area contributed by atoms with Crippen LogP contribution in [0.1, 0.15) is 0 Å². The highest BCUT2D eigenvalue weighted by Gasteiger charge is 2.30. The second-order valence-corrected chi connectivity index (χ2v) is 14.9. The molecule has 6 aromatic heterocycles. The molecule has 0 aliphatic carbocycles. The highest BCUT2D eigenvalue weighted by Crippen LogP contribution is 2.52. The second-order valence-electron chi connectivity index (χ2n) is 13.8. The second kappa shape index (κ2) is 11.2. The molecule has 0 bridgehead atoms. The number of thiophene rings is 1. The molecule has 6 heterocycles. The topological polar surface area (TPSA) is 75.7 Å². The van der Waals surface area contributed by atoms with E-state index in [1.54, 1.807) is 11.3 Å². The molecule has 0 aliphatic heterocycles. The van der Waals surface area contributed by atoms with Gasteiger partial charge in [-0.2, -0.15) is 5.10 Å². The van der Waals surface area contributed by atoms with Crippen LogP contribution in [-0.2, 0) is 0 Å². The zero-order chi connectivity index (χ0) is 35.3. The van der Waals surface area contributed by atoms with Crippen LogP contribution in [0.2, 0.25) is 0 Å². The SMILES string of the molecule is c1ccc2[nH]c(-c3nn(-c4[nH]cc5ccccc45)c4cc(-c5cc6ccccc6o5)c(-c5occ6ccccc56)c(-c5cc6ccccc6s5)c34)cc2c1. The Morgan fingerprint density at radius 1 is 0.630 bits per heavy atom. The number of para-hydroxylation sites is 2. The Bertz CT molecular complexity index is 3320. The molecule has 12 aromatic rings. The number of aromatic amines is 2. The lowest BCUT2D eigenvalue weighted by atomic mass is 9.90. The molecule has 0 amide bonds. The average Bonchev–Trinajstić information content (AvgIpc) is 4.07. The Labute approximate surface area is 311 Å². The van der Waals surface area contributed by atoms with Gasteiger partial charge in [-0.25, -0.2) is 4.68 Å². The fourth-order valence-electron chi connectivity index (χ4n) is 8.16. The molecule has 0 aliphatic rings. The molecule has 0 saturated carbocycles. The van der Waals surface area contributed by atoms with Crippen LogP contribution in [0.15, 0.2) is 167 Å². The van der Waals surface area contributed by atoms with Gasteiger partial charge in [0.25, 0.3) is 0 Å². The number of hydrogen-bond acceptors (Lipinski definition) is 4. The van der Waals surface area contributed by atoms with Crippen LogP contribution in [0.3, 0.4) is 0 Å². The Kier molecular flexibility index (Phi) is 6.12. The Balaban J connectivity index is 1.31. The van der Waals surface area contributed by atoms with Gasteiger partial charge < -0.3 is 18.8 Å². The van der Waals surface area contributed by atoms with Crippen molar-refractivity contribution < 1.29 is 8.83 Å².